The molecule has 2 rings (SSSR count). The molecule has 0 amide bonds. The molecule has 4 nitrogen and oxygen atoms in total. The maximum absolute atomic E-state index is 13.6. The van der Waals surface area contributed by atoms with Crippen LogP contribution in [0.5, 0.6) is 0 Å². The second-order valence-corrected chi connectivity index (χ2v) is 5.62. The van der Waals surface area contributed by atoms with Crippen molar-refractivity contribution in [1.82, 2.24) is 0 Å². The first-order chi connectivity index (χ1) is 9.97. The Morgan fingerprint density at radius 3 is 2.67 bits per heavy atom. The Bertz CT molecular complexity index is 664. The van der Waals surface area contributed by atoms with E-state index in [2.05, 4.69) is 21.2 Å². The van der Waals surface area contributed by atoms with Crippen molar-refractivity contribution in [3.8, 4) is 0 Å². The standard InChI is InChI=1S/C15H14BrFN2O2/c1-10(8-11-4-2-3-5-14(11)17)18-12-6-7-15(19(20)21)13(16)9-12/h2-7,9-10,18H,8H2,1H3. The highest BCUT2D eigenvalue weighted by atomic mass is 79.9. The molecule has 1 N–H and O–H groups in total. The van der Waals surface area contributed by atoms with E-state index in [1.165, 1.54) is 12.1 Å². The zero-order chi connectivity index (χ0) is 15.4. The monoisotopic (exact) mass is 352 g/mol. The lowest BCUT2D eigenvalue weighted by Crippen LogP contribution is -2.18. The highest BCUT2D eigenvalue weighted by Gasteiger charge is 2.13. The molecule has 110 valence electrons. The van der Waals surface area contributed by atoms with E-state index in [1.807, 2.05) is 6.92 Å². The maximum atomic E-state index is 13.6. The van der Waals surface area contributed by atoms with Gasteiger partial charge in [0.15, 0.2) is 0 Å². The van der Waals surface area contributed by atoms with E-state index in [0.29, 0.717) is 16.5 Å². The Morgan fingerprint density at radius 1 is 1.33 bits per heavy atom. The molecule has 0 aliphatic carbocycles. The van der Waals surface area contributed by atoms with Crippen LogP contribution < -0.4 is 5.32 Å². The van der Waals surface area contributed by atoms with Crippen LogP contribution in [0.2, 0.25) is 0 Å². The van der Waals surface area contributed by atoms with Crippen molar-refractivity contribution < 1.29 is 9.31 Å². The summed E-state index contributed by atoms with van der Waals surface area (Å²) in [6.07, 6.45) is 0.529. The largest absolute Gasteiger partial charge is 0.382 e. The van der Waals surface area contributed by atoms with Gasteiger partial charge in [-0.3, -0.25) is 10.1 Å². The van der Waals surface area contributed by atoms with Crippen LogP contribution in [-0.2, 0) is 6.42 Å². The molecule has 0 aliphatic rings. The third kappa shape index (κ3) is 4.01. The highest BCUT2D eigenvalue weighted by molar-refractivity contribution is 9.10. The minimum absolute atomic E-state index is 0.00439. The lowest BCUT2D eigenvalue weighted by atomic mass is 10.1. The lowest BCUT2D eigenvalue weighted by molar-refractivity contribution is -0.385. The minimum atomic E-state index is -0.448. The fourth-order valence-electron chi connectivity index (χ4n) is 2.07. The number of nitro groups is 1. The average molecular weight is 353 g/mol. The third-order valence-electron chi connectivity index (χ3n) is 3.04. The topological polar surface area (TPSA) is 55.2 Å². The Labute approximate surface area is 130 Å². The van der Waals surface area contributed by atoms with Gasteiger partial charge in [0.05, 0.1) is 9.40 Å². The molecule has 21 heavy (non-hydrogen) atoms. The number of nitro benzene ring substituents is 1. The summed E-state index contributed by atoms with van der Waals surface area (Å²) >= 11 is 3.17. The zero-order valence-electron chi connectivity index (χ0n) is 11.3. The van der Waals surface area contributed by atoms with E-state index in [9.17, 15) is 14.5 Å². The van der Waals surface area contributed by atoms with E-state index in [1.54, 1.807) is 30.3 Å². The number of halogens is 2. The molecule has 0 saturated carbocycles. The predicted molar refractivity (Wildman–Crippen MR) is 84.0 cm³/mol. The van der Waals surface area contributed by atoms with E-state index < -0.39 is 4.92 Å². The second-order valence-electron chi connectivity index (χ2n) is 4.76. The molecule has 0 aromatic heterocycles. The van der Waals surface area contributed by atoms with Crippen molar-refractivity contribution in [3.63, 3.8) is 0 Å². The van der Waals surface area contributed by atoms with Gasteiger partial charge in [-0.15, -0.1) is 0 Å². The van der Waals surface area contributed by atoms with Gasteiger partial charge >= 0.3 is 0 Å². The van der Waals surface area contributed by atoms with Gasteiger partial charge in [0.2, 0.25) is 0 Å². The number of benzene rings is 2. The first kappa shape index (κ1) is 15.4. The number of nitrogens with one attached hydrogen (secondary N) is 1. The van der Waals surface area contributed by atoms with Crippen molar-refractivity contribution in [2.24, 2.45) is 0 Å². The molecule has 1 atom stereocenters. The fraction of sp³-hybridized carbons (Fsp3) is 0.200. The van der Waals surface area contributed by atoms with Crippen molar-refractivity contribution in [3.05, 3.63) is 68.4 Å². The van der Waals surface area contributed by atoms with Gasteiger partial charge in [-0.2, -0.15) is 0 Å². The van der Waals surface area contributed by atoms with Gasteiger partial charge in [-0.1, -0.05) is 18.2 Å². The van der Waals surface area contributed by atoms with E-state index in [0.717, 1.165) is 5.69 Å². The summed E-state index contributed by atoms with van der Waals surface area (Å²) in [5.41, 5.74) is 1.40. The number of hydrogen-bond acceptors (Lipinski definition) is 3. The van der Waals surface area contributed by atoms with Crippen LogP contribution in [-0.4, -0.2) is 11.0 Å². The van der Waals surface area contributed by atoms with Gasteiger partial charge in [-0.25, -0.2) is 4.39 Å². The zero-order valence-corrected chi connectivity index (χ0v) is 12.9. The van der Waals surface area contributed by atoms with Crippen LogP contribution in [0.1, 0.15) is 12.5 Å². The van der Waals surface area contributed by atoms with Crippen molar-refractivity contribution >= 4 is 27.3 Å². The summed E-state index contributed by atoms with van der Waals surface area (Å²) in [5.74, 6) is -0.226. The first-order valence-corrected chi connectivity index (χ1v) is 7.20. The maximum Gasteiger partial charge on any atom is 0.283 e. The molecule has 2 aromatic carbocycles. The van der Waals surface area contributed by atoms with Crippen molar-refractivity contribution in [2.75, 3.05) is 5.32 Å². The van der Waals surface area contributed by atoms with Crippen LogP contribution >= 0.6 is 15.9 Å². The molecule has 0 bridgehead atoms. The summed E-state index contributed by atoms with van der Waals surface area (Å²) in [4.78, 5) is 10.3. The summed E-state index contributed by atoms with van der Waals surface area (Å²) in [6, 6.07) is 11.4. The molecule has 0 radical (unpaired) electrons. The molecule has 0 fully saturated rings. The molecule has 0 spiro atoms. The Morgan fingerprint density at radius 2 is 2.05 bits per heavy atom. The molecule has 0 saturated heterocycles. The van der Waals surface area contributed by atoms with Crippen molar-refractivity contribution in [2.45, 2.75) is 19.4 Å². The summed E-state index contributed by atoms with van der Waals surface area (Å²) < 4.78 is 14.0. The number of rotatable bonds is 5. The van der Waals surface area contributed by atoms with Gasteiger partial charge < -0.3 is 5.32 Å². The molecule has 0 aliphatic heterocycles. The summed E-state index contributed by atoms with van der Waals surface area (Å²) in [6.45, 7) is 1.93. The number of hydrogen-bond donors (Lipinski definition) is 1. The summed E-state index contributed by atoms with van der Waals surface area (Å²) in [7, 11) is 0. The first-order valence-electron chi connectivity index (χ1n) is 6.41. The van der Waals surface area contributed by atoms with Gasteiger partial charge in [0.25, 0.3) is 5.69 Å². The van der Waals surface area contributed by atoms with Crippen LogP contribution in [0, 0.1) is 15.9 Å². The van der Waals surface area contributed by atoms with Gasteiger partial charge in [0.1, 0.15) is 5.82 Å². The van der Waals surface area contributed by atoms with E-state index in [4.69, 9.17) is 0 Å². The van der Waals surface area contributed by atoms with E-state index in [-0.39, 0.29) is 17.5 Å². The van der Waals surface area contributed by atoms with Gasteiger partial charge in [0, 0.05) is 17.8 Å². The SMILES string of the molecule is CC(Cc1ccccc1F)Nc1ccc([N+](=O)[O-])c(Br)c1. The summed E-state index contributed by atoms with van der Waals surface area (Å²) in [5, 5.41) is 14.0. The highest BCUT2D eigenvalue weighted by Crippen LogP contribution is 2.28. The van der Waals surface area contributed by atoms with Crippen LogP contribution in [0.3, 0.4) is 0 Å². The second kappa shape index (κ2) is 6.67. The average Bonchev–Trinajstić information content (AvgIpc) is 2.41. The quantitative estimate of drug-likeness (QED) is 0.634. The Kier molecular flexibility index (Phi) is 4.90. The van der Waals surface area contributed by atoms with Crippen LogP contribution in [0.15, 0.2) is 46.9 Å². The molecule has 6 heteroatoms. The lowest BCUT2D eigenvalue weighted by Gasteiger charge is -2.16. The third-order valence-corrected chi connectivity index (χ3v) is 3.68. The van der Waals surface area contributed by atoms with Gasteiger partial charge in [-0.05, 0) is 53.0 Å². The van der Waals surface area contributed by atoms with Crippen LogP contribution in [0.25, 0.3) is 0 Å². The number of nitrogens with zero attached hydrogens (tertiary/aromatic N) is 1. The van der Waals surface area contributed by atoms with Crippen molar-refractivity contribution in [1.29, 1.82) is 0 Å². The molecular weight excluding hydrogens is 339 g/mol. The Balaban J connectivity index is 2.06. The molecule has 2 aromatic rings. The predicted octanol–water partition coefficient (Wildman–Crippen LogP) is 4.54. The van der Waals surface area contributed by atoms with E-state index >= 15 is 0 Å². The minimum Gasteiger partial charge on any atom is -0.382 e. The number of anilines is 1. The smallest absolute Gasteiger partial charge is 0.283 e. The fourth-order valence-corrected chi connectivity index (χ4v) is 2.60. The van der Waals surface area contributed by atoms with Crippen LogP contribution in [0.4, 0.5) is 15.8 Å². The normalized spacial score (nSPS) is 12.0. The molecule has 0 heterocycles. The molecule has 1 unspecified atom stereocenters. The molecular formula is C15H14BrFN2O2. The Hall–Kier alpha value is -1.95.